The smallest absolute Gasteiger partial charge is 0.254 e. The summed E-state index contributed by atoms with van der Waals surface area (Å²) in [4.78, 5) is 33.1. The van der Waals surface area contributed by atoms with Gasteiger partial charge in [-0.3, -0.25) is 9.59 Å². The predicted octanol–water partition coefficient (Wildman–Crippen LogP) is 1.25. The zero-order chi connectivity index (χ0) is 18.8. The van der Waals surface area contributed by atoms with Gasteiger partial charge in [0.15, 0.2) is 5.65 Å². The number of carbonyl (C=O) groups is 2. The summed E-state index contributed by atoms with van der Waals surface area (Å²) in [6, 6.07) is 1.99. The second kappa shape index (κ2) is 7.41. The van der Waals surface area contributed by atoms with Gasteiger partial charge in [-0.05, 0) is 26.8 Å². The van der Waals surface area contributed by atoms with Crippen LogP contribution in [0.25, 0.3) is 11.0 Å². The number of pyridine rings is 1. The third-order valence-corrected chi connectivity index (χ3v) is 4.60. The summed E-state index contributed by atoms with van der Waals surface area (Å²) in [5.41, 5.74) is 2.14. The van der Waals surface area contributed by atoms with Gasteiger partial charge >= 0.3 is 0 Å². The first-order chi connectivity index (χ1) is 12.4. The Hall–Kier alpha value is -2.48. The van der Waals surface area contributed by atoms with E-state index >= 15 is 0 Å². The highest BCUT2D eigenvalue weighted by atomic mass is 16.5. The molecule has 3 rings (SSSR count). The number of carbonyl (C=O) groups excluding carboxylic acids is 2. The highest BCUT2D eigenvalue weighted by Crippen LogP contribution is 2.22. The Balaban J connectivity index is 1.82. The van der Waals surface area contributed by atoms with Crippen molar-refractivity contribution in [3.05, 3.63) is 23.5 Å². The Morgan fingerprint density at radius 2 is 1.85 bits per heavy atom. The predicted molar refractivity (Wildman–Crippen MR) is 97.0 cm³/mol. The molecule has 0 radical (unpaired) electrons. The van der Waals surface area contributed by atoms with Crippen LogP contribution in [0, 0.1) is 6.92 Å². The lowest BCUT2D eigenvalue weighted by atomic mass is 10.1. The van der Waals surface area contributed by atoms with E-state index in [1.807, 2.05) is 31.5 Å². The molecular formula is C18H25N5O3. The average molecular weight is 359 g/mol. The third-order valence-electron chi connectivity index (χ3n) is 4.60. The number of fused-ring (bicyclic) bond motifs is 1. The highest BCUT2D eigenvalue weighted by molar-refractivity contribution is 6.05. The summed E-state index contributed by atoms with van der Waals surface area (Å²) in [6.45, 7) is 8.09. The maximum atomic E-state index is 13.1. The first kappa shape index (κ1) is 18.3. The summed E-state index contributed by atoms with van der Waals surface area (Å²) >= 11 is 0. The molecule has 0 unspecified atom stereocenters. The molecule has 1 saturated heterocycles. The Labute approximate surface area is 152 Å². The lowest BCUT2D eigenvalue weighted by Crippen LogP contribution is -2.51. The summed E-state index contributed by atoms with van der Waals surface area (Å²) < 4.78 is 6.73. The molecule has 0 N–H and O–H groups in total. The molecule has 0 aromatic carbocycles. The van der Waals surface area contributed by atoms with Gasteiger partial charge in [-0.15, -0.1) is 0 Å². The van der Waals surface area contributed by atoms with Crippen molar-refractivity contribution in [1.29, 1.82) is 0 Å². The molecule has 1 aliphatic heterocycles. The summed E-state index contributed by atoms with van der Waals surface area (Å²) in [6.07, 6.45) is 1.72. The van der Waals surface area contributed by atoms with E-state index in [1.54, 1.807) is 16.0 Å². The van der Waals surface area contributed by atoms with Gasteiger partial charge in [0.1, 0.15) is 6.61 Å². The maximum absolute atomic E-state index is 13.1. The fourth-order valence-corrected chi connectivity index (χ4v) is 3.24. The maximum Gasteiger partial charge on any atom is 0.254 e. The van der Waals surface area contributed by atoms with Crippen LogP contribution < -0.4 is 0 Å². The Morgan fingerprint density at radius 3 is 2.46 bits per heavy atom. The molecule has 8 heteroatoms. The lowest BCUT2D eigenvalue weighted by molar-refractivity contribution is -0.136. The molecule has 8 nitrogen and oxygen atoms in total. The van der Waals surface area contributed by atoms with Crippen LogP contribution in [0.3, 0.4) is 0 Å². The molecule has 0 saturated carbocycles. The summed E-state index contributed by atoms with van der Waals surface area (Å²) in [5.74, 6) is -0.0809. The normalized spacial score (nSPS) is 15.1. The van der Waals surface area contributed by atoms with Crippen molar-refractivity contribution in [2.75, 3.05) is 39.9 Å². The van der Waals surface area contributed by atoms with E-state index in [4.69, 9.17) is 4.74 Å². The van der Waals surface area contributed by atoms with Crippen LogP contribution in [0.5, 0.6) is 0 Å². The molecule has 1 fully saturated rings. The van der Waals surface area contributed by atoms with Crippen LogP contribution >= 0.6 is 0 Å². The zero-order valence-electron chi connectivity index (χ0n) is 15.7. The summed E-state index contributed by atoms with van der Waals surface area (Å²) in [5, 5.41) is 5.17. The van der Waals surface area contributed by atoms with Crippen LogP contribution in [0.1, 0.15) is 35.9 Å². The number of hydrogen-bond donors (Lipinski definition) is 0. The molecular weight excluding hydrogens is 334 g/mol. The molecule has 0 aliphatic carbocycles. The number of aromatic nitrogens is 3. The fourth-order valence-electron chi connectivity index (χ4n) is 3.24. The van der Waals surface area contributed by atoms with Gasteiger partial charge in [0.2, 0.25) is 5.91 Å². The molecule has 2 aromatic rings. The minimum absolute atomic E-state index is 0.0392. The molecule has 140 valence electrons. The van der Waals surface area contributed by atoms with Crippen molar-refractivity contribution in [3.63, 3.8) is 0 Å². The van der Waals surface area contributed by atoms with Crippen LogP contribution in [-0.4, -0.2) is 76.3 Å². The highest BCUT2D eigenvalue weighted by Gasteiger charge is 2.26. The second-order valence-corrected chi connectivity index (χ2v) is 6.84. The van der Waals surface area contributed by atoms with Crippen molar-refractivity contribution < 1.29 is 14.3 Å². The van der Waals surface area contributed by atoms with Gasteiger partial charge < -0.3 is 14.5 Å². The van der Waals surface area contributed by atoms with E-state index in [0.717, 1.165) is 16.7 Å². The van der Waals surface area contributed by atoms with Gasteiger partial charge in [0, 0.05) is 45.0 Å². The van der Waals surface area contributed by atoms with Crippen molar-refractivity contribution in [2.45, 2.75) is 26.8 Å². The van der Waals surface area contributed by atoms with E-state index in [0.29, 0.717) is 31.7 Å². The second-order valence-electron chi connectivity index (χ2n) is 6.84. The number of ether oxygens (including phenoxy) is 1. The first-order valence-electron chi connectivity index (χ1n) is 8.83. The monoisotopic (exact) mass is 359 g/mol. The van der Waals surface area contributed by atoms with Gasteiger partial charge in [-0.2, -0.15) is 5.10 Å². The Bertz CT molecular complexity index is 822. The van der Waals surface area contributed by atoms with Gasteiger partial charge in [0.05, 0.1) is 17.1 Å². The Kier molecular flexibility index (Phi) is 5.22. The van der Waals surface area contributed by atoms with Gasteiger partial charge in [-0.25, -0.2) is 9.67 Å². The van der Waals surface area contributed by atoms with Crippen molar-refractivity contribution >= 4 is 22.8 Å². The number of amides is 2. The molecule has 26 heavy (non-hydrogen) atoms. The largest absolute Gasteiger partial charge is 0.375 e. The van der Waals surface area contributed by atoms with Crippen LogP contribution in [0.2, 0.25) is 0 Å². The topological polar surface area (TPSA) is 80.6 Å². The number of rotatable bonds is 4. The minimum Gasteiger partial charge on any atom is -0.375 e. The summed E-state index contributed by atoms with van der Waals surface area (Å²) in [7, 11) is 1.51. The number of methoxy groups -OCH3 is 1. The number of aryl methyl sites for hydroxylation is 1. The van der Waals surface area contributed by atoms with Crippen molar-refractivity contribution in [2.24, 2.45) is 0 Å². The van der Waals surface area contributed by atoms with Crippen LogP contribution in [0.4, 0.5) is 0 Å². The Morgan fingerprint density at radius 1 is 1.19 bits per heavy atom. The van der Waals surface area contributed by atoms with Crippen LogP contribution in [-0.2, 0) is 9.53 Å². The minimum atomic E-state index is -0.0417. The third kappa shape index (κ3) is 3.41. The average Bonchev–Trinajstić information content (AvgIpc) is 3.04. The standard InChI is InChI=1S/C18H25N5O3/c1-12(2)23-17-15(10-19-23)14(9-13(3)20-17)18(25)22-7-5-21(6-8-22)16(24)11-26-4/h9-10,12H,5-8,11H2,1-4H3. The molecule has 3 heterocycles. The first-order valence-corrected chi connectivity index (χ1v) is 8.83. The van der Waals surface area contributed by atoms with E-state index < -0.39 is 0 Å². The number of nitrogens with zero attached hydrogens (tertiary/aromatic N) is 5. The molecule has 2 aromatic heterocycles. The zero-order valence-corrected chi connectivity index (χ0v) is 15.7. The van der Waals surface area contributed by atoms with E-state index in [2.05, 4.69) is 10.1 Å². The quantitative estimate of drug-likeness (QED) is 0.821. The van der Waals surface area contributed by atoms with Crippen molar-refractivity contribution in [1.82, 2.24) is 24.6 Å². The van der Waals surface area contributed by atoms with E-state index in [-0.39, 0.29) is 24.5 Å². The molecule has 0 atom stereocenters. The lowest BCUT2D eigenvalue weighted by Gasteiger charge is -2.34. The van der Waals surface area contributed by atoms with E-state index in [9.17, 15) is 9.59 Å². The van der Waals surface area contributed by atoms with Crippen molar-refractivity contribution in [3.8, 4) is 0 Å². The SMILES string of the molecule is COCC(=O)N1CCN(C(=O)c2cc(C)nc3c2cnn3C(C)C)CC1. The molecule has 1 aliphatic rings. The van der Waals surface area contributed by atoms with Crippen LogP contribution in [0.15, 0.2) is 12.3 Å². The van der Waals surface area contributed by atoms with E-state index in [1.165, 1.54) is 7.11 Å². The van der Waals surface area contributed by atoms with Gasteiger partial charge in [-0.1, -0.05) is 0 Å². The number of hydrogen-bond acceptors (Lipinski definition) is 5. The van der Waals surface area contributed by atoms with Gasteiger partial charge in [0.25, 0.3) is 5.91 Å². The number of piperazine rings is 1. The molecule has 0 bridgehead atoms. The molecule has 2 amide bonds. The molecule has 0 spiro atoms. The fraction of sp³-hybridized carbons (Fsp3) is 0.556.